The monoisotopic (exact) mass is 253 g/mol. The highest BCUT2D eigenvalue weighted by Gasteiger charge is 2.27. The van der Waals surface area contributed by atoms with Crippen LogP contribution in [0, 0.1) is 11.8 Å². The average Bonchev–Trinajstić information content (AvgIpc) is 2.38. The summed E-state index contributed by atoms with van der Waals surface area (Å²) in [5.74, 6) is 1.16. The second-order valence-corrected chi connectivity index (χ2v) is 5.44. The zero-order valence-corrected chi connectivity index (χ0v) is 11.0. The molecule has 2 nitrogen and oxygen atoms in total. The van der Waals surface area contributed by atoms with Crippen molar-refractivity contribution in [3.63, 3.8) is 0 Å². The summed E-state index contributed by atoms with van der Waals surface area (Å²) in [5.41, 5.74) is 0.909. The minimum absolute atomic E-state index is 0.382. The fraction of sp³-hybridized carbons (Fsp3) is 0.643. The third-order valence-corrected chi connectivity index (χ3v) is 4.15. The zero-order valence-electron chi connectivity index (χ0n) is 10.3. The Labute approximate surface area is 108 Å². The van der Waals surface area contributed by atoms with E-state index in [1.807, 2.05) is 6.07 Å². The highest BCUT2D eigenvalue weighted by molar-refractivity contribution is 6.29. The van der Waals surface area contributed by atoms with Gasteiger partial charge in [0.25, 0.3) is 0 Å². The number of aromatic nitrogens is 1. The second kappa shape index (κ2) is 5.83. The highest BCUT2D eigenvalue weighted by Crippen LogP contribution is 2.38. The van der Waals surface area contributed by atoms with E-state index in [2.05, 4.69) is 11.9 Å². The summed E-state index contributed by atoms with van der Waals surface area (Å²) < 4.78 is 0. The van der Waals surface area contributed by atoms with Crippen molar-refractivity contribution in [1.29, 1.82) is 0 Å². The van der Waals surface area contributed by atoms with Crippen molar-refractivity contribution < 1.29 is 5.11 Å². The van der Waals surface area contributed by atoms with E-state index in [1.165, 1.54) is 19.3 Å². The molecule has 1 N–H and O–H groups in total. The van der Waals surface area contributed by atoms with E-state index in [0.717, 1.165) is 24.3 Å². The smallest absolute Gasteiger partial charge is 0.129 e. The van der Waals surface area contributed by atoms with Gasteiger partial charge in [-0.25, -0.2) is 4.98 Å². The number of halogens is 1. The first-order chi connectivity index (χ1) is 8.20. The normalized spacial score (nSPS) is 26.8. The first-order valence-corrected chi connectivity index (χ1v) is 6.88. The molecule has 1 heterocycles. The molecule has 1 aromatic heterocycles. The Morgan fingerprint density at radius 1 is 1.53 bits per heavy atom. The van der Waals surface area contributed by atoms with Gasteiger partial charge in [-0.05, 0) is 42.4 Å². The van der Waals surface area contributed by atoms with Gasteiger partial charge in [0.05, 0.1) is 6.10 Å². The maximum Gasteiger partial charge on any atom is 0.129 e. The van der Waals surface area contributed by atoms with Gasteiger partial charge in [0.1, 0.15) is 5.15 Å². The number of nitrogens with zero attached hydrogens (tertiary/aromatic N) is 1. The maximum absolute atomic E-state index is 10.4. The lowest BCUT2D eigenvalue weighted by atomic mass is 9.76. The van der Waals surface area contributed by atoms with E-state index in [0.29, 0.717) is 11.1 Å². The Hall–Kier alpha value is -0.600. The summed E-state index contributed by atoms with van der Waals surface area (Å²) in [6, 6.07) is 3.65. The lowest BCUT2D eigenvalue weighted by Crippen LogP contribution is -2.21. The summed E-state index contributed by atoms with van der Waals surface area (Å²) in [4.78, 5) is 3.95. The van der Waals surface area contributed by atoms with Crippen molar-refractivity contribution >= 4 is 11.6 Å². The van der Waals surface area contributed by atoms with Crippen LogP contribution in [0.1, 0.15) is 50.7 Å². The van der Waals surface area contributed by atoms with Gasteiger partial charge in [-0.1, -0.05) is 37.8 Å². The van der Waals surface area contributed by atoms with Gasteiger partial charge in [0, 0.05) is 6.20 Å². The quantitative estimate of drug-likeness (QED) is 0.827. The molecular weight excluding hydrogens is 234 g/mol. The average molecular weight is 254 g/mol. The van der Waals surface area contributed by atoms with Crippen LogP contribution < -0.4 is 0 Å². The number of pyridine rings is 1. The molecule has 94 valence electrons. The van der Waals surface area contributed by atoms with Crippen molar-refractivity contribution in [1.82, 2.24) is 4.98 Å². The fourth-order valence-corrected chi connectivity index (χ4v) is 3.05. The van der Waals surface area contributed by atoms with Crippen molar-refractivity contribution in [2.75, 3.05) is 0 Å². The van der Waals surface area contributed by atoms with Crippen LogP contribution in [0.25, 0.3) is 0 Å². The summed E-state index contributed by atoms with van der Waals surface area (Å²) in [6.45, 7) is 2.24. The molecule has 0 aliphatic heterocycles. The van der Waals surface area contributed by atoms with Crippen LogP contribution in [0.5, 0.6) is 0 Å². The van der Waals surface area contributed by atoms with Crippen LogP contribution in [-0.2, 0) is 0 Å². The molecule has 0 aromatic carbocycles. The molecule has 2 rings (SSSR count). The van der Waals surface area contributed by atoms with E-state index >= 15 is 0 Å². The third-order valence-electron chi connectivity index (χ3n) is 3.94. The molecule has 1 saturated carbocycles. The van der Waals surface area contributed by atoms with Gasteiger partial charge in [-0.2, -0.15) is 0 Å². The topological polar surface area (TPSA) is 33.1 Å². The van der Waals surface area contributed by atoms with Crippen LogP contribution in [-0.4, -0.2) is 10.1 Å². The third kappa shape index (κ3) is 3.20. The molecule has 0 saturated heterocycles. The first-order valence-electron chi connectivity index (χ1n) is 6.50. The molecule has 1 fully saturated rings. The van der Waals surface area contributed by atoms with Crippen LogP contribution >= 0.6 is 11.6 Å². The molecule has 1 aromatic rings. The van der Waals surface area contributed by atoms with Gasteiger partial charge in [0.2, 0.25) is 0 Å². The number of hydrogen-bond donors (Lipinski definition) is 1. The summed E-state index contributed by atoms with van der Waals surface area (Å²) in [7, 11) is 0. The molecule has 3 unspecified atom stereocenters. The number of rotatable bonds is 3. The number of aliphatic hydroxyl groups excluding tert-OH is 1. The Bertz CT molecular complexity index is 369. The standard InChI is InChI=1S/C14H20ClNO/c1-2-10-4-3-5-11(8-10)14(17)12-6-7-16-13(15)9-12/h6-7,9-11,14,17H,2-5,8H2,1H3. The van der Waals surface area contributed by atoms with Gasteiger partial charge in [-0.3, -0.25) is 0 Å². The van der Waals surface area contributed by atoms with E-state index < -0.39 is 0 Å². The van der Waals surface area contributed by atoms with E-state index in [1.54, 1.807) is 12.3 Å². The predicted molar refractivity (Wildman–Crippen MR) is 69.9 cm³/mol. The lowest BCUT2D eigenvalue weighted by molar-refractivity contribution is 0.0677. The lowest BCUT2D eigenvalue weighted by Gasteiger charge is -2.31. The summed E-state index contributed by atoms with van der Waals surface area (Å²) in [6.07, 6.45) is 7.32. The van der Waals surface area contributed by atoms with Crippen LogP contribution in [0.4, 0.5) is 0 Å². The molecule has 17 heavy (non-hydrogen) atoms. The molecule has 0 spiro atoms. The molecule has 3 atom stereocenters. The first kappa shape index (κ1) is 12.8. The molecule has 1 aliphatic rings. The largest absolute Gasteiger partial charge is 0.388 e. The Balaban J connectivity index is 2.06. The summed E-state index contributed by atoms with van der Waals surface area (Å²) in [5, 5.41) is 10.9. The van der Waals surface area contributed by atoms with Gasteiger partial charge in [0.15, 0.2) is 0 Å². The minimum Gasteiger partial charge on any atom is -0.388 e. The Morgan fingerprint density at radius 3 is 3.06 bits per heavy atom. The molecular formula is C14H20ClNO. The zero-order chi connectivity index (χ0) is 12.3. The van der Waals surface area contributed by atoms with Crippen LogP contribution in [0.3, 0.4) is 0 Å². The van der Waals surface area contributed by atoms with Gasteiger partial charge in [-0.15, -0.1) is 0 Å². The second-order valence-electron chi connectivity index (χ2n) is 5.06. The van der Waals surface area contributed by atoms with Crippen molar-refractivity contribution in [2.24, 2.45) is 11.8 Å². The number of aliphatic hydroxyl groups is 1. The van der Waals surface area contributed by atoms with Crippen molar-refractivity contribution in [2.45, 2.75) is 45.1 Å². The molecule has 3 heteroatoms. The Kier molecular flexibility index (Phi) is 4.41. The van der Waals surface area contributed by atoms with Gasteiger partial charge < -0.3 is 5.11 Å². The van der Waals surface area contributed by atoms with Crippen molar-refractivity contribution in [3.05, 3.63) is 29.0 Å². The molecule has 0 radical (unpaired) electrons. The molecule has 0 amide bonds. The minimum atomic E-state index is -0.384. The highest BCUT2D eigenvalue weighted by atomic mass is 35.5. The molecule has 1 aliphatic carbocycles. The Morgan fingerprint density at radius 2 is 2.35 bits per heavy atom. The predicted octanol–water partition coefficient (Wildman–Crippen LogP) is 3.98. The number of hydrogen-bond acceptors (Lipinski definition) is 2. The van der Waals surface area contributed by atoms with Crippen LogP contribution in [0.2, 0.25) is 5.15 Å². The van der Waals surface area contributed by atoms with E-state index in [4.69, 9.17) is 11.6 Å². The summed E-state index contributed by atoms with van der Waals surface area (Å²) >= 11 is 5.86. The molecule has 0 bridgehead atoms. The van der Waals surface area contributed by atoms with Crippen LogP contribution in [0.15, 0.2) is 18.3 Å². The van der Waals surface area contributed by atoms with E-state index in [9.17, 15) is 5.11 Å². The van der Waals surface area contributed by atoms with Gasteiger partial charge >= 0.3 is 0 Å². The fourth-order valence-electron chi connectivity index (χ4n) is 2.86. The van der Waals surface area contributed by atoms with E-state index in [-0.39, 0.29) is 6.10 Å². The van der Waals surface area contributed by atoms with Crippen molar-refractivity contribution in [3.8, 4) is 0 Å². The SMILES string of the molecule is CCC1CCCC(C(O)c2ccnc(Cl)c2)C1. The maximum atomic E-state index is 10.4.